The summed E-state index contributed by atoms with van der Waals surface area (Å²) in [6.45, 7) is 5.33. The summed E-state index contributed by atoms with van der Waals surface area (Å²) in [5.41, 5.74) is 2.57. The monoisotopic (exact) mass is 361 g/mol. The standard InChI is InChI=1S/C21H23N5O/c1-16(2)26(15-17-7-4-3-5-8-17)21-24-13-19(14-25-21)20(27)23-12-18-9-6-10-22-11-18/h3-11,13-14,16H,12,15H2,1-2H3,(H,23,27). The first-order valence-corrected chi connectivity index (χ1v) is 8.93. The molecule has 0 fully saturated rings. The van der Waals surface area contributed by atoms with Gasteiger partial charge in [-0.15, -0.1) is 0 Å². The molecule has 1 amide bonds. The molecule has 0 radical (unpaired) electrons. The van der Waals surface area contributed by atoms with E-state index in [-0.39, 0.29) is 11.9 Å². The summed E-state index contributed by atoms with van der Waals surface area (Å²) in [5, 5.41) is 2.85. The molecule has 1 aromatic carbocycles. The van der Waals surface area contributed by atoms with Crippen LogP contribution in [-0.2, 0) is 13.1 Å². The molecule has 0 unspecified atom stereocenters. The molecule has 6 nitrogen and oxygen atoms in total. The second-order valence-corrected chi connectivity index (χ2v) is 6.52. The molecule has 2 heterocycles. The third-order valence-electron chi connectivity index (χ3n) is 4.15. The third kappa shape index (κ3) is 5.10. The van der Waals surface area contributed by atoms with Gasteiger partial charge in [0.1, 0.15) is 0 Å². The number of pyridine rings is 1. The van der Waals surface area contributed by atoms with Gasteiger partial charge in [0.2, 0.25) is 5.95 Å². The van der Waals surface area contributed by atoms with E-state index in [4.69, 9.17) is 0 Å². The minimum atomic E-state index is -0.204. The first kappa shape index (κ1) is 18.5. The van der Waals surface area contributed by atoms with Gasteiger partial charge in [-0.3, -0.25) is 9.78 Å². The largest absolute Gasteiger partial charge is 0.348 e. The molecule has 27 heavy (non-hydrogen) atoms. The third-order valence-corrected chi connectivity index (χ3v) is 4.15. The Balaban J connectivity index is 1.66. The lowest BCUT2D eigenvalue weighted by Crippen LogP contribution is -2.32. The second-order valence-electron chi connectivity index (χ2n) is 6.52. The van der Waals surface area contributed by atoms with Gasteiger partial charge < -0.3 is 10.2 Å². The fourth-order valence-electron chi connectivity index (χ4n) is 2.64. The Hall–Kier alpha value is -3.28. The SMILES string of the molecule is CC(C)N(Cc1ccccc1)c1ncc(C(=O)NCc2cccnc2)cn1. The van der Waals surface area contributed by atoms with Crippen LogP contribution in [0.1, 0.15) is 35.3 Å². The number of hydrogen-bond donors (Lipinski definition) is 1. The van der Waals surface area contributed by atoms with Crippen molar-refractivity contribution in [1.82, 2.24) is 20.3 Å². The number of carbonyl (C=O) groups is 1. The fraction of sp³-hybridized carbons (Fsp3) is 0.238. The molecule has 0 spiro atoms. The number of aromatic nitrogens is 3. The highest BCUT2D eigenvalue weighted by atomic mass is 16.1. The summed E-state index contributed by atoms with van der Waals surface area (Å²) >= 11 is 0. The number of benzene rings is 1. The smallest absolute Gasteiger partial charge is 0.254 e. The van der Waals surface area contributed by atoms with Gasteiger partial charge in [0.25, 0.3) is 5.91 Å². The highest BCUT2D eigenvalue weighted by Crippen LogP contribution is 2.15. The number of rotatable bonds is 7. The quantitative estimate of drug-likeness (QED) is 0.700. The second kappa shape index (κ2) is 8.89. The zero-order chi connectivity index (χ0) is 19.1. The van der Waals surface area contributed by atoms with Crippen molar-refractivity contribution in [2.45, 2.75) is 33.0 Å². The van der Waals surface area contributed by atoms with Crippen LogP contribution in [0.15, 0.2) is 67.3 Å². The maximum Gasteiger partial charge on any atom is 0.254 e. The van der Waals surface area contributed by atoms with Gasteiger partial charge in [-0.05, 0) is 31.0 Å². The van der Waals surface area contributed by atoms with Crippen LogP contribution in [0, 0.1) is 0 Å². The number of nitrogens with zero attached hydrogens (tertiary/aromatic N) is 4. The van der Waals surface area contributed by atoms with E-state index in [0.717, 1.165) is 5.56 Å². The first-order valence-electron chi connectivity index (χ1n) is 8.93. The van der Waals surface area contributed by atoms with Crippen molar-refractivity contribution in [3.05, 3.63) is 83.9 Å². The molecular formula is C21H23N5O. The van der Waals surface area contributed by atoms with Crippen molar-refractivity contribution >= 4 is 11.9 Å². The molecule has 3 aromatic rings. The summed E-state index contributed by atoms with van der Waals surface area (Å²) < 4.78 is 0. The van der Waals surface area contributed by atoms with Gasteiger partial charge in [0, 0.05) is 43.9 Å². The van der Waals surface area contributed by atoms with Crippen LogP contribution in [0.2, 0.25) is 0 Å². The van der Waals surface area contributed by atoms with Gasteiger partial charge in [-0.2, -0.15) is 0 Å². The van der Waals surface area contributed by atoms with Crippen LogP contribution in [-0.4, -0.2) is 26.9 Å². The van der Waals surface area contributed by atoms with Crippen molar-refractivity contribution in [3.63, 3.8) is 0 Å². The zero-order valence-corrected chi connectivity index (χ0v) is 15.5. The maximum atomic E-state index is 12.3. The molecular weight excluding hydrogens is 338 g/mol. The highest BCUT2D eigenvalue weighted by molar-refractivity contribution is 5.93. The van der Waals surface area contributed by atoms with E-state index in [1.54, 1.807) is 24.8 Å². The average Bonchev–Trinajstić information content (AvgIpc) is 2.72. The molecule has 0 saturated carbocycles. The highest BCUT2D eigenvalue weighted by Gasteiger charge is 2.15. The lowest BCUT2D eigenvalue weighted by molar-refractivity contribution is 0.0950. The van der Waals surface area contributed by atoms with E-state index in [1.165, 1.54) is 5.56 Å². The van der Waals surface area contributed by atoms with Crippen molar-refractivity contribution < 1.29 is 4.79 Å². The summed E-state index contributed by atoms with van der Waals surface area (Å²) in [4.78, 5) is 27.3. The predicted molar refractivity (Wildman–Crippen MR) is 105 cm³/mol. The molecule has 0 atom stereocenters. The van der Waals surface area contributed by atoms with Crippen molar-refractivity contribution in [3.8, 4) is 0 Å². The molecule has 0 saturated heterocycles. The Morgan fingerprint density at radius 3 is 2.33 bits per heavy atom. The summed E-state index contributed by atoms with van der Waals surface area (Å²) in [5.74, 6) is 0.405. The van der Waals surface area contributed by atoms with E-state index in [9.17, 15) is 4.79 Å². The summed E-state index contributed by atoms with van der Waals surface area (Å²) in [6, 6.07) is 14.2. The van der Waals surface area contributed by atoms with Crippen LogP contribution < -0.4 is 10.2 Å². The van der Waals surface area contributed by atoms with E-state index in [0.29, 0.717) is 24.6 Å². The van der Waals surface area contributed by atoms with Crippen molar-refractivity contribution in [1.29, 1.82) is 0 Å². The summed E-state index contributed by atoms with van der Waals surface area (Å²) in [6.07, 6.45) is 6.57. The minimum absolute atomic E-state index is 0.204. The van der Waals surface area contributed by atoms with E-state index in [1.807, 2.05) is 30.3 Å². The van der Waals surface area contributed by atoms with Crippen LogP contribution in [0.3, 0.4) is 0 Å². The molecule has 3 rings (SSSR count). The molecule has 0 aliphatic heterocycles. The normalized spacial score (nSPS) is 10.6. The van der Waals surface area contributed by atoms with E-state index in [2.05, 4.69) is 51.1 Å². The first-order chi connectivity index (χ1) is 13.1. The average molecular weight is 361 g/mol. The molecule has 0 aliphatic carbocycles. The van der Waals surface area contributed by atoms with Crippen LogP contribution in [0.4, 0.5) is 5.95 Å². The lowest BCUT2D eigenvalue weighted by Gasteiger charge is -2.26. The minimum Gasteiger partial charge on any atom is -0.348 e. The van der Waals surface area contributed by atoms with E-state index < -0.39 is 0 Å². The molecule has 138 valence electrons. The number of anilines is 1. The predicted octanol–water partition coefficient (Wildman–Crippen LogP) is 3.22. The molecule has 1 N–H and O–H groups in total. The Bertz CT molecular complexity index is 851. The Morgan fingerprint density at radius 1 is 1.00 bits per heavy atom. The topological polar surface area (TPSA) is 71.0 Å². The Morgan fingerprint density at radius 2 is 1.70 bits per heavy atom. The number of carbonyl (C=O) groups excluding carboxylic acids is 1. The fourth-order valence-corrected chi connectivity index (χ4v) is 2.64. The van der Waals surface area contributed by atoms with Gasteiger partial charge in [-0.25, -0.2) is 9.97 Å². The van der Waals surface area contributed by atoms with Gasteiger partial charge in [0.15, 0.2) is 0 Å². The Labute approximate surface area is 159 Å². The molecule has 0 bridgehead atoms. The molecule has 2 aromatic heterocycles. The Kier molecular flexibility index (Phi) is 6.10. The van der Waals surface area contributed by atoms with E-state index >= 15 is 0 Å². The lowest BCUT2D eigenvalue weighted by atomic mass is 10.2. The molecule has 6 heteroatoms. The van der Waals surface area contributed by atoms with Crippen molar-refractivity contribution in [2.24, 2.45) is 0 Å². The van der Waals surface area contributed by atoms with Crippen LogP contribution >= 0.6 is 0 Å². The van der Waals surface area contributed by atoms with Gasteiger partial charge >= 0.3 is 0 Å². The van der Waals surface area contributed by atoms with Crippen LogP contribution in [0.25, 0.3) is 0 Å². The zero-order valence-electron chi connectivity index (χ0n) is 15.5. The van der Waals surface area contributed by atoms with Crippen molar-refractivity contribution in [2.75, 3.05) is 4.90 Å². The number of nitrogens with one attached hydrogen (secondary N) is 1. The number of hydrogen-bond acceptors (Lipinski definition) is 5. The van der Waals surface area contributed by atoms with Crippen LogP contribution in [0.5, 0.6) is 0 Å². The number of amides is 1. The maximum absolute atomic E-state index is 12.3. The summed E-state index contributed by atoms with van der Waals surface area (Å²) in [7, 11) is 0. The molecule has 0 aliphatic rings. The van der Waals surface area contributed by atoms with Gasteiger partial charge in [0.05, 0.1) is 5.56 Å². The van der Waals surface area contributed by atoms with Gasteiger partial charge in [-0.1, -0.05) is 36.4 Å².